The summed E-state index contributed by atoms with van der Waals surface area (Å²) in [5.74, 6) is 1.29. The van der Waals surface area contributed by atoms with Crippen molar-refractivity contribution in [2.24, 2.45) is 35.0 Å². The molecule has 2 aliphatic heterocycles. The molecule has 1 spiro atoms. The number of Topliss-reactive ketones (excluding diaryl/α,β-unsaturated/α-hetero) is 1. The molecule has 4 saturated carbocycles. The third-order valence-electron chi connectivity index (χ3n) is 8.65. The van der Waals surface area contributed by atoms with E-state index in [-0.39, 0.29) is 47.3 Å². The number of furan rings is 1. The normalized spacial score (nSPS) is 34.5. The first-order valence-corrected chi connectivity index (χ1v) is 11.4. The van der Waals surface area contributed by atoms with Crippen LogP contribution in [0.3, 0.4) is 0 Å². The molecule has 8 nitrogen and oxygen atoms in total. The van der Waals surface area contributed by atoms with Gasteiger partial charge in [0.05, 0.1) is 18.7 Å². The zero-order chi connectivity index (χ0) is 21.3. The summed E-state index contributed by atoms with van der Waals surface area (Å²) in [4.78, 5) is 53.7. The maximum absolute atomic E-state index is 13.2. The van der Waals surface area contributed by atoms with Gasteiger partial charge in [-0.25, -0.2) is 0 Å². The van der Waals surface area contributed by atoms with E-state index in [1.54, 1.807) is 17.0 Å². The average Bonchev–Trinajstić information content (AvgIpc) is 3.37. The number of carbonyl (C=O) groups excluding carboxylic acids is 4. The van der Waals surface area contributed by atoms with Gasteiger partial charge in [0.15, 0.2) is 5.76 Å². The molecule has 164 valence electrons. The SMILES string of the molecule is O=C(NCC(=O)N1CCC2(CC1)CCN(C(=O)C1C3CC4C(C3=O)C41)C2)c1ccco1. The van der Waals surface area contributed by atoms with Crippen molar-refractivity contribution in [3.8, 4) is 0 Å². The van der Waals surface area contributed by atoms with Crippen LogP contribution in [0, 0.1) is 35.0 Å². The third kappa shape index (κ3) is 2.87. The second-order valence-electron chi connectivity index (χ2n) is 10.1. The van der Waals surface area contributed by atoms with Gasteiger partial charge in [0, 0.05) is 38.0 Å². The van der Waals surface area contributed by atoms with Crippen LogP contribution in [-0.4, -0.2) is 66.0 Å². The summed E-state index contributed by atoms with van der Waals surface area (Å²) in [6, 6.07) is 3.19. The number of carbonyl (C=O) groups is 4. The standard InChI is InChI=1S/C23H27N3O5/c27-16(11-24-21(29)15-2-1-9-31-15)25-6-3-23(4-7-25)5-8-26(12-23)22(30)19-14-10-13-17(19)18(13)20(14)28/h1-2,9,13-14,17-19H,3-8,10-12H2,(H,24,29). The van der Waals surface area contributed by atoms with Crippen molar-refractivity contribution in [1.29, 1.82) is 0 Å². The lowest BCUT2D eigenvalue weighted by atomic mass is 9.77. The molecule has 2 saturated heterocycles. The molecule has 1 aromatic rings. The van der Waals surface area contributed by atoms with Gasteiger partial charge in [-0.2, -0.15) is 0 Å². The Morgan fingerprint density at radius 3 is 2.45 bits per heavy atom. The van der Waals surface area contributed by atoms with E-state index in [1.807, 2.05) is 4.90 Å². The largest absolute Gasteiger partial charge is 0.459 e. The number of piperidine rings is 1. The van der Waals surface area contributed by atoms with Gasteiger partial charge in [-0.1, -0.05) is 0 Å². The van der Waals surface area contributed by atoms with E-state index in [0.717, 1.165) is 38.8 Å². The summed E-state index contributed by atoms with van der Waals surface area (Å²) < 4.78 is 5.04. The van der Waals surface area contributed by atoms with E-state index >= 15 is 0 Å². The zero-order valence-electron chi connectivity index (χ0n) is 17.4. The summed E-state index contributed by atoms with van der Waals surface area (Å²) in [5, 5.41) is 2.61. The number of nitrogens with zero attached hydrogens (tertiary/aromatic N) is 2. The Balaban J connectivity index is 1.00. The first-order chi connectivity index (χ1) is 15.0. The quantitative estimate of drug-likeness (QED) is 0.774. The second-order valence-corrected chi connectivity index (χ2v) is 10.1. The van der Waals surface area contributed by atoms with E-state index in [0.29, 0.717) is 30.7 Å². The van der Waals surface area contributed by atoms with E-state index in [1.165, 1.54) is 6.26 Å². The lowest BCUT2D eigenvalue weighted by molar-refractivity contribution is -0.138. The minimum absolute atomic E-state index is 0.0000864. The first-order valence-electron chi connectivity index (χ1n) is 11.4. The van der Waals surface area contributed by atoms with Gasteiger partial charge in [0.1, 0.15) is 5.78 Å². The van der Waals surface area contributed by atoms with E-state index in [4.69, 9.17) is 4.42 Å². The zero-order valence-corrected chi connectivity index (χ0v) is 17.4. The summed E-state index contributed by atoms with van der Waals surface area (Å²) in [6.07, 6.45) is 5.08. The Morgan fingerprint density at radius 1 is 1.13 bits per heavy atom. The monoisotopic (exact) mass is 425 g/mol. The molecule has 7 rings (SSSR count). The van der Waals surface area contributed by atoms with Gasteiger partial charge in [0.25, 0.3) is 5.91 Å². The summed E-state index contributed by atoms with van der Waals surface area (Å²) in [5.41, 5.74) is 0.0817. The number of amides is 3. The van der Waals surface area contributed by atoms with Gasteiger partial charge >= 0.3 is 0 Å². The number of hydrogen-bond acceptors (Lipinski definition) is 5. The number of likely N-dealkylation sites (tertiary alicyclic amines) is 2. The van der Waals surface area contributed by atoms with E-state index in [9.17, 15) is 19.2 Å². The van der Waals surface area contributed by atoms with Crippen LogP contribution in [0.5, 0.6) is 0 Å². The van der Waals surface area contributed by atoms with Gasteiger partial charge < -0.3 is 19.5 Å². The Kier molecular flexibility index (Phi) is 4.11. The molecule has 0 radical (unpaired) electrons. The first kappa shape index (κ1) is 19.1. The van der Waals surface area contributed by atoms with Crippen LogP contribution in [-0.2, 0) is 14.4 Å². The molecule has 4 aliphatic carbocycles. The molecule has 3 heterocycles. The molecule has 1 aromatic heterocycles. The highest BCUT2D eigenvalue weighted by atomic mass is 16.3. The Morgan fingerprint density at radius 2 is 1.87 bits per heavy atom. The van der Waals surface area contributed by atoms with Gasteiger partial charge in [-0.05, 0) is 55.1 Å². The highest BCUT2D eigenvalue weighted by Gasteiger charge is 2.75. The second kappa shape index (κ2) is 6.68. The van der Waals surface area contributed by atoms with Gasteiger partial charge in [0.2, 0.25) is 11.8 Å². The lowest BCUT2D eigenvalue weighted by Gasteiger charge is -2.39. The molecule has 6 fully saturated rings. The molecule has 4 bridgehead atoms. The van der Waals surface area contributed by atoms with Gasteiger partial charge in [-0.3, -0.25) is 19.2 Å². The highest BCUT2D eigenvalue weighted by Crippen LogP contribution is 2.71. The molecular formula is C23H27N3O5. The summed E-state index contributed by atoms with van der Waals surface area (Å²) in [7, 11) is 0. The highest BCUT2D eigenvalue weighted by molar-refractivity contribution is 6.00. The van der Waals surface area contributed by atoms with E-state index in [2.05, 4.69) is 5.32 Å². The Bertz CT molecular complexity index is 948. The van der Waals surface area contributed by atoms with Crippen molar-refractivity contribution in [2.75, 3.05) is 32.7 Å². The Hall–Kier alpha value is -2.64. The molecule has 0 aromatic carbocycles. The minimum Gasteiger partial charge on any atom is -0.459 e. The molecule has 8 heteroatoms. The van der Waals surface area contributed by atoms with Crippen LogP contribution >= 0.6 is 0 Å². The molecule has 6 aliphatic rings. The number of rotatable bonds is 4. The van der Waals surface area contributed by atoms with Crippen molar-refractivity contribution in [3.05, 3.63) is 24.2 Å². The number of ketones is 1. The smallest absolute Gasteiger partial charge is 0.287 e. The fourth-order valence-corrected chi connectivity index (χ4v) is 6.91. The maximum atomic E-state index is 13.2. The number of hydrogen-bond donors (Lipinski definition) is 1. The number of nitrogens with one attached hydrogen (secondary N) is 1. The van der Waals surface area contributed by atoms with Crippen LogP contribution < -0.4 is 5.32 Å². The maximum Gasteiger partial charge on any atom is 0.287 e. The van der Waals surface area contributed by atoms with Crippen LogP contribution in [0.2, 0.25) is 0 Å². The van der Waals surface area contributed by atoms with Gasteiger partial charge in [-0.15, -0.1) is 0 Å². The van der Waals surface area contributed by atoms with Crippen LogP contribution in [0.25, 0.3) is 0 Å². The fraction of sp³-hybridized carbons (Fsp3) is 0.652. The summed E-state index contributed by atoms with van der Waals surface area (Å²) >= 11 is 0. The molecule has 5 unspecified atom stereocenters. The van der Waals surface area contributed by atoms with Crippen molar-refractivity contribution in [1.82, 2.24) is 15.1 Å². The molecule has 5 atom stereocenters. The lowest BCUT2D eigenvalue weighted by Crippen LogP contribution is -2.48. The van der Waals surface area contributed by atoms with Crippen molar-refractivity contribution in [2.45, 2.75) is 25.7 Å². The fourth-order valence-electron chi connectivity index (χ4n) is 6.91. The Labute approximate surface area is 180 Å². The van der Waals surface area contributed by atoms with Crippen LogP contribution in [0.1, 0.15) is 36.2 Å². The summed E-state index contributed by atoms with van der Waals surface area (Å²) in [6.45, 7) is 2.77. The van der Waals surface area contributed by atoms with Crippen molar-refractivity contribution in [3.63, 3.8) is 0 Å². The van der Waals surface area contributed by atoms with E-state index < -0.39 is 5.91 Å². The molecule has 3 amide bonds. The van der Waals surface area contributed by atoms with Crippen LogP contribution in [0.4, 0.5) is 0 Å². The van der Waals surface area contributed by atoms with Crippen LogP contribution in [0.15, 0.2) is 22.8 Å². The van der Waals surface area contributed by atoms with Crippen molar-refractivity contribution >= 4 is 23.5 Å². The third-order valence-corrected chi connectivity index (χ3v) is 8.65. The molecule has 31 heavy (non-hydrogen) atoms. The van der Waals surface area contributed by atoms with Crippen molar-refractivity contribution < 1.29 is 23.6 Å². The average molecular weight is 425 g/mol. The topological polar surface area (TPSA) is 99.9 Å². The molecule has 1 N–H and O–H groups in total. The predicted molar refractivity (Wildman–Crippen MR) is 108 cm³/mol. The predicted octanol–water partition coefficient (Wildman–Crippen LogP) is 0.932. The molecular weight excluding hydrogens is 398 g/mol. The minimum atomic E-state index is -0.391.